The van der Waals surface area contributed by atoms with Gasteiger partial charge in [-0.2, -0.15) is 5.26 Å². The van der Waals surface area contributed by atoms with Gasteiger partial charge < -0.3 is 10.6 Å². The molecule has 0 spiro atoms. The first-order valence-electron chi connectivity index (χ1n) is 6.46. The molecule has 3 rings (SSSR count). The second-order valence-corrected chi connectivity index (χ2v) is 4.65. The number of benzene rings is 2. The molecule has 0 radical (unpaired) electrons. The van der Waals surface area contributed by atoms with E-state index in [2.05, 4.69) is 34.9 Å². The first kappa shape index (κ1) is 11.8. The quantitative estimate of drug-likeness (QED) is 0.860. The van der Waals surface area contributed by atoms with Crippen molar-refractivity contribution >= 4 is 11.4 Å². The molecule has 19 heavy (non-hydrogen) atoms. The third-order valence-corrected chi connectivity index (χ3v) is 3.46. The summed E-state index contributed by atoms with van der Waals surface area (Å²) in [5, 5.41) is 15.9. The number of nitrogens with one attached hydrogen (secondary N) is 2. The van der Waals surface area contributed by atoms with E-state index in [9.17, 15) is 0 Å². The highest BCUT2D eigenvalue weighted by molar-refractivity contribution is 5.69. The largest absolute Gasteiger partial charge is 0.354 e. The molecule has 0 amide bonds. The molecule has 0 aliphatic carbocycles. The van der Waals surface area contributed by atoms with Gasteiger partial charge in [-0.3, -0.25) is 0 Å². The van der Waals surface area contributed by atoms with Gasteiger partial charge in [-0.05, 0) is 42.3 Å². The summed E-state index contributed by atoms with van der Waals surface area (Å²) in [6.07, 6.45) is 1.02. The van der Waals surface area contributed by atoms with Crippen molar-refractivity contribution in [2.24, 2.45) is 0 Å². The summed E-state index contributed by atoms with van der Waals surface area (Å²) in [7, 11) is 0. The Labute approximate surface area is 112 Å². The Hall–Kier alpha value is -2.31. The molecule has 2 aromatic rings. The van der Waals surface area contributed by atoms with Gasteiger partial charge in [-0.15, -0.1) is 0 Å². The zero-order valence-corrected chi connectivity index (χ0v) is 10.6. The molecule has 0 unspecified atom stereocenters. The zero-order chi connectivity index (χ0) is 13.1. The lowest BCUT2D eigenvalue weighted by atomic mass is 9.99. The summed E-state index contributed by atoms with van der Waals surface area (Å²) in [5.74, 6) is 0. The van der Waals surface area contributed by atoms with Gasteiger partial charge in [0, 0.05) is 12.2 Å². The summed E-state index contributed by atoms with van der Waals surface area (Å²) >= 11 is 0. The van der Waals surface area contributed by atoms with Gasteiger partial charge in [-0.1, -0.05) is 24.3 Å². The van der Waals surface area contributed by atoms with E-state index in [0.29, 0.717) is 5.56 Å². The number of hydrogen-bond acceptors (Lipinski definition) is 3. The Morgan fingerprint density at radius 2 is 1.89 bits per heavy atom. The van der Waals surface area contributed by atoms with Crippen molar-refractivity contribution < 1.29 is 0 Å². The normalized spacial score (nSPS) is 13.4. The Morgan fingerprint density at radius 1 is 1.05 bits per heavy atom. The monoisotopic (exact) mass is 249 g/mol. The SMILES string of the molecule is N#Cc1ccccc1Nc1cccc2c1CCNC2. The van der Waals surface area contributed by atoms with E-state index in [-0.39, 0.29) is 0 Å². The van der Waals surface area contributed by atoms with Crippen molar-refractivity contribution in [2.75, 3.05) is 11.9 Å². The summed E-state index contributed by atoms with van der Waals surface area (Å²) in [5.41, 5.74) is 5.35. The predicted molar refractivity (Wildman–Crippen MR) is 76.3 cm³/mol. The molecule has 3 nitrogen and oxygen atoms in total. The highest BCUT2D eigenvalue weighted by Crippen LogP contribution is 2.27. The average molecular weight is 249 g/mol. The highest BCUT2D eigenvalue weighted by atomic mass is 14.9. The molecule has 0 saturated heterocycles. The van der Waals surface area contributed by atoms with Gasteiger partial charge in [-0.25, -0.2) is 0 Å². The predicted octanol–water partition coefficient (Wildman–Crippen LogP) is 2.95. The van der Waals surface area contributed by atoms with Gasteiger partial charge in [0.2, 0.25) is 0 Å². The Balaban J connectivity index is 1.98. The lowest BCUT2D eigenvalue weighted by Gasteiger charge is -2.21. The van der Waals surface area contributed by atoms with Crippen LogP contribution in [0.15, 0.2) is 42.5 Å². The maximum atomic E-state index is 9.13. The van der Waals surface area contributed by atoms with Gasteiger partial charge in [0.15, 0.2) is 0 Å². The maximum Gasteiger partial charge on any atom is 0.101 e. The fourth-order valence-electron chi connectivity index (χ4n) is 2.48. The molecular formula is C16H15N3. The van der Waals surface area contributed by atoms with E-state index in [1.807, 2.05) is 24.3 Å². The minimum Gasteiger partial charge on any atom is -0.354 e. The molecule has 0 bridgehead atoms. The van der Waals surface area contributed by atoms with Crippen LogP contribution < -0.4 is 10.6 Å². The number of nitrogens with zero attached hydrogens (tertiary/aromatic N) is 1. The first-order chi connectivity index (χ1) is 9.38. The Bertz CT molecular complexity index is 641. The molecule has 0 saturated carbocycles. The first-order valence-corrected chi connectivity index (χ1v) is 6.46. The zero-order valence-electron chi connectivity index (χ0n) is 10.6. The van der Waals surface area contributed by atoms with Crippen LogP contribution in [0.4, 0.5) is 11.4 Å². The fourth-order valence-corrected chi connectivity index (χ4v) is 2.48. The lowest BCUT2D eigenvalue weighted by Crippen LogP contribution is -2.24. The summed E-state index contributed by atoms with van der Waals surface area (Å²) in [4.78, 5) is 0. The van der Waals surface area contributed by atoms with E-state index in [1.165, 1.54) is 11.1 Å². The number of hydrogen-bond donors (Lipinski definition) is 2. The minimum absolute atomic E-state index is 0.675. The van der Waals surface area contributed by atoms with Crippen molar-refractivity contribution in [1.29, 1.82) is 5.26 Å². The van der Waals surface area contributed by atoms with Gasteiger partial charge in [0.25, 0.3) is 0 Å². The number of fused-ring (bicyclic) bond motifs is 1. The third-order valence-electron chi connectivity index (χ3n) is 3.46. The van der Waals surface area contributed by atoms with Crippen molar-refractivity contribution in [3.63, 3.8) is 0 Å². The number of nitriles is 1. The van der Waals surface area contributed by atoms with Crippen LogP contribution >= 0.6 is 0 Å². The van der Waals surface area contributed by atoms with Crippen molar-refractivity contribution in [2.45, 2.75) is 13.0 Å². The van der Waals surface area contributed by atoms with E-state index in [4.69, 9.17) is 5.26 Å². The molecule has 1 aliphatic rings. The molecule has 2 N–H and O–H groups in total. The van der Waals surface area contributed by atoms with E-state index < -0.39 is 0 Å². The van der Waals surface area contributed by atoms with E-state index in [1.54, 1.807) is 0 Å². The molecule has 2 aromatic carbocycles. The van der Waals surface area contributed by atoms with Crippen molar-refractivity contribution in [3.05, 3.63) is 59.2 Å². The summed E-state index contributed by atoms with van der Waals surface area (Å²) in [6, 6.07) is 16.1. The highest BCUT2D eigenvalue weighted by Gasteiger charge is 2.13. The van der Waals surface area contributed by atoms with Gasteiger partial charge in [0.1, 0.15) is 6.07 Å². The maximum absolute atomic E-state index is 9.13. The molecule has 0 aromatic heterocycles. The van der Waals surface area contributed by atoms with Gasteiger partial charge in [0.05, 0.1) is 11.3 Å². The third kappa shape index (κ3) is 2.31. The van der Waals surface area contributed by atoms with Crippen LogP contribution in [0.2, 0.25) is 0 Å². The second kappa shape index (κ2) is 5.13. The Kier molecular flexibility index (Phi) is 3.18. The van der Waals surface area contributed by atoms with Crippen molar-refractivity contribution in [3.8, 4) is 6.07 Å². The smallest absolute Gasteiger partial charge is 0.101 e. The summed E-state index contributed by atoms with van der Waals surface area (Å²) in [6.45, 7) is 1.93. The average Bonchev–Trinajstić information content (AvgIpc) is 2.48. The van der Waals surface area contributed by atoms with Gasteiger partial charge >= 0.3 is 0 Å². The molecule has 0 fully saturated rings. The summed E-state index contributed by atoms with van der Waals surface area (Å²) < 4.78 is 0. The van der Waals surface area contributed by atoms with Crippen LogP contribution in [-0.4, -0.2) is 6.54 Å². The standard InChI is InChI=1S/C16H15N3/c17-10-12-4-1-2-6-15(12)19-16-7-3-5-13-11-18-9-8-14(13)16/h1-7,18-19H,8-9,11H2. The van der Waals surface area contributed by atoms with E-state index >= 15 is 0 Å². The molecule has 1 heterocycles. The molecule has 0 atom stereocenters. The van der Waals surface area contributed by atoms with Crippen LogP contribution in [0.1, 0.15) is 16.7 Å². The lowest BCUT2D eigenvalue weighted by molar-refractivity contribution is 0.645. The van der Waals surface area contributed by atoms with Crippen LogP contribution in [0.3, 0.4) is 0 Å². The topological polar surface area (TPSA) is 47.9 Å². The van der Waals surface area contributed by atoms with Crippen molar-refractivity contribution in [1.82, 2.24) is 5.32 Å². The Morgan fingerprint density at radius 3 is 2.79 bits per heavy atom. The van der Waals surface area contributed by atoms with Crippen LogP contribution in [-0.2, 0) is 13.0 Å². The van der Waals surface area contributed by atoms with Crippen LogP contribution in [0.5, 0.6) is 0 Å². The van der Waals surface area contributed by atoms with Crippen LogP contribution in [0.25, 0.3) is 0 Å². The second-order valence-electron chi connectivity index (χ2n) is 4.65. The number of para-hydroxylation sites is 1. The molecular weight excluding hydrogens is 234 g/mol. The molecule has 1 aliphatic heterocycles. The van der Waals surface area contributed by atoms with Crippen LogP contribution in [0, 0.1) is 11.3 Å². The van der Waals surface area contributed by atoms with E-state index in [0.717, 1.165) is 30.9 Å². The number of rotatable bonds is 2. The number of anilines is 2. The minimum atomic E-state index is 0.675. The molecule has 94 valence electrons. The fraction of sp³-hybridized carbons (Fsp3) is 0.188. The molecule has 3 heteroatoms.